The maximum atomic E-state index is 12.2. The minimum Gasteiger partial charge on any atom is -0.384 e. The number of piperazine rings is 1. The molecule has 2 rings (SSSR count). The average Bonchev–Trinajstić information content (AvgIpc) is 2.54. The third kappa shape index (κ3) is 4.82. The van der Waals surface area contributed by atoms with Gasteiger partial charge in [-0.05, 0) is 12.8 Å². The smallest absolute Gasteiger partial charge is 0.317 e. The first kappa shape index (κ1) is 17.5. The summed E-state index contributed by atoms with van der Waals surface area (Å²) in [7, 11) is -1.78. The van der Waals surface area contributed by atoms with Gasteiger partial charge in [0.25, 0.3) is 0 Å². The topological polar surface area (TPSA) is 79.0 Å². The van der Waals surface area contributed by atoms with Crippen LogP contribution in [0, 0.1) is 0 Å². The summed E-state index contributed by atoms with van der Waals surface area (Å²) < 4.78 is 30.4. The monoisotopic (exact) mass is 333 g/mol. The summed E-state index contributed by atoms with van der Waals surface area (Å²) in [4.78, 5) is 13.9. The van der Waals surface area contributed by atoms with Crippen LogP contribution in [0.1, 0.15) is 32.1 Å². The molecule has 0 aromatic carbocycles. The van der Waals surface area contributed by atoms with Crippen LogP contribution in [0.25, 0.3) is 0 Å². The number of carbonyl (C=O) groups excluding carboxylic acids is 1. The van der Waals surface area contributed by atoms with E-state index in [1.165, 1.54) is 30.7 Å². The molecular formula is C14H27N3O4S. The van der Waals surface area contributed by atoms with Gasteiger partial charge in [0.05, 0.1) is 12.4 Å². The van der Waals surface area contributed by atoms with E-state index in [2.05, 4.69) is 5.32 Å². The summed E-state index contributed by atoms with van der Waals surface area (Å²) in [6.45, 7) is 1.83. The highest BCUT2D eigenvalue weighted by Gasteiger charge is 2.29. The van der Waals surface area contributed by atoms with Gasteiger partial charge in [0.15, 0.2) is 0 Å². The zero-order valence-corrected chi connectivity index (χ0v) is 14.1. The summed E-state index contributed by atoms with van der Waals surface area (Å²) in [5.41, 5.74) is 0. The van der Waals surface area contributed by atoms with Gasteiger partial charge >= 0.3 is 6.03 Å². The van der Waals surface area contributed by atoms with Crippen molar-refractivity contribution in [3.63, 3.8) is 0 Å². The third-order valence-corrected chi connectivity index (χ3v) is 6.23. The van der Waals surface area contributed by atoms with Gasteiger partial charge in [0, 0.05) is 39.3 Å². The van der Waals surface area contributed by atoms with Crippen LogP contribution in [0.3, 0.4) is 0 Å². The number of rotatable bonds is 5. The second-order valence-corrected chi connectivity index (χ2v) is 8.07. The van der Waals surface area contributed by atoms with E-state index in [-0.39, 0.29) is 24.4 Å². The van der Waals surface area contributed by atoms with Gasteiger partial charge in [0.2, 0.25) is 10.0 Å². The van der Waals surface area contributed by atoms with E-state index in [0.29, 0.717) is 26.2 Å². The van der Waals surface area contributed by atoms with E-state index in [1.807, 2.05) is 0 Å². The van der Waals surface area contributed by atoms with Crippen LogP contribution >= 0.6 is 0 Å². The largest absolute Gasteiger partial charge is 0.384 e. The molecule has 1 aliphatic carbocycles. The lowest BCUT2D eigenvalue weighted by Crippen LogP contribution is -2.55. The molecule has 1 saturated carbocycles. The quantitative estimate of drug-likeness (QED) is 0.800. The summed E-state index contributed by atoms with van der Waals surface area (Å²) in [5.74, 6) is -0.00221. The number of carbonyl (C=O) groups is 1. The van der Waals surface area contributed by atoms with Gasteiger partial charge in [-0.3, -0.25) is 0 Å². The molecule has 7 nitrogen and oxygen atoms in total. The van der Waals surface area contributed by atoms with Gasteiger partial charge in [-0.2, -0.15) is 4.31 Å². The number of sulfonamides is 1. The second-order valence-electron chi connectivity index (χ2n) is 5.98. The molecule has 8 heteroatoms. The number of ether oxygens (including phenoxy) is 1. The Morgan fingerprint density at radius 2 is 1.77 bits per heavy atom. The van der Waals surface area contributed by atoms with Crippen LogP contribution in [0.5, 0.6) is 0 Å². The molecule has 2 fully saturated rings. The van der Waals surface area contributed by atoms with Crippen molar-refractivity contribution in [3.8, 4) is 0 Å². The molecule has 22 heavy (non-hydrogen) atoms. The van der Waals surface area contributed by atoms with Crippen molar-refractivity contribution in [3.05, 3.63) is 0 Å². The lowest BCUT2D eigenvalue weighted by atomic mass is 9.96. The molecule has 0 radical (unpaired) electrons. The summed E-state index contributed by atoms with van der Waals surface area (Å²) in [5, 5.41) is 3.08. The highest BCUT2D eigenvalue weighted by atomic mass is 32.2. The SMILES string of the molecule is COCCS(=O)(=O)N1CCN(C(=O)NC2CCCCC2)CC1. The van der Waals surface area contributed by atoms with Crippen molar-refractivity contribution >= 4 is 16.1 Å². The van der Waals surface area contributed by atoms with Crippen LogP contribution in [-0.4, -0.2) is 75.3 Å². The normalized spacial score (nSPS) is 21.8. The molecule has 1 heterocycles. The highest BCUT2D eigenvalue weighted by molar-refractivity contribution is 7.89. The molecular weight excluding hydrogens is 306 g/mol. The highest BCUT2D eigenvalue weighted by Crippen LogP contribution is 2.18. The maximum Gasteiger partial charge on any atom is 0.317 e. The Morgan fingerprint density at radius 1 is 1.14 bits per heavy atom. The van der Waals surface area contributed by atoms with E-state index in [9.17, 15) is 13.2 Å². The van der Waals surface area contributed by atoms with Gasteiger partial charge in [0.1, 0.15) is 0 Å². The van der Waals surface area contributed by atoms with E-state index in [4.69, 9.17) is 4.74 Å². The Labute approximate surface area is 133 Å². The van der Waals surface area contributed by atoms with Gasteiger partial charge in [-0.1, -0.05) is 19.3 Å². The first-order valence-corrected chi connectivity index (χ1v) is 9.66. The van der Waals surface area contributed by atoms with E-state index in [1.54, 1.807) is 4.90 Å². The van der Waals surface area contributed by atoms with Crippen molar-refractivity contribution in [1.29, 1.82) is 0 Å². The molecule has 2 aliphatic rings. The fourth-order valence-electron chi connectivity index (χ4n) is 3.00. The molecule has 0 spiro atoms. The van der Waals surface area contributed by atoms with Crippen molar-refractivity contribution in [1.82, 2.24) is 14.5 Å². The van der Waals surface area contributed by atoms with E-state index < -0.39 is 10.0 Å². The molecule has 128 valence electrons. The minimum absolute atomic E-state index is 0.00221. The molecule has 1 aliphatic heterocycles. The number of amides is 2. The maximum absolute atomic E-state index is 12.2. The number of nitrogens with one attached hydrogen (secondary N) is 1. The van der Waals surface area contributed by atoms with Crippen LogP contribution in [0.15, 0.2) is 0 Å². The predicted octanol–water partition coefficient (Wildman–Crippen LogP) is 0.623. The number of hydrogen-bond acceptors (Lipinski definition) is 4. The Kier molecular flexibility index (Phi) is 6.46. The molecule has 0 bridgehead atoms. The molecule has 0 aromatic rings. The Morgan fingerprint density at radius 3 is 2.36 bits per heavy atom. The van der Waals surface area contributed by atoms with Gasteiger partial charge in [-0.15, -0.1) is 0 Å². The fraction of sp³-hybridized carbons (Fsp3) is 0.929. The van der Waals surface area contributed by atoms with Crippen molar-refractivity contribution in [2.75, 3.05) is 45.6 Å². The Bertz CT molecular complexity index is 455. The molecule has 0 aromatic heterocycles. The third-order valence-electron chi connectivity index (χ3n) is 4.40. The number of methoxy groups -OCH3 is 1. The number of urea groups is 1. The first-order chi connectivity index (χ1) is 10.5. The Balaban J connectivity index is 1.77. The lowest BCUT2D eigenvalue weighted by molar-refractivity contribution is 0.165. The van der Waals surface area contributed by atoms with E-state index >= 15 is 0 Å². The van der Waals surface area contributed by atoms with Crippen LogP contribution < -0.4 is 5.32 Å². The standard InChI is InChI=1S/C14H27N3O4S/c1-21-11-12-22(19,20)17-9-7-16(8-10-17)14(18)15-13-5-3-2-4-6-13/h13H,2-12H2,1H3,(H,15,18). The molecule has 1 saturated heterocycles. The number of hydrogen-bond donors (Lipinski definition) is 1. The van der Waals surface area contributed by atoms with E-state index in [0.717, 1.165) is 12.8 Å². The summed E-state index contributed by atoms with van der Waals surface area (Å²) in [6.07, 6.45) is 5.71. The average molecular weight is 333 g/mol. The van der Waals surface area contributed by atoms with Crippen LogP contribution in [-0.2, 0) is 14.8 Å². The molecule has 2 amide bonds. The molecule has 0 unspecified atom stereocenters. The lowest BCUT2D eigenvalue weighted by Gasteiger charge is -2.35. The zero-order valence-electron chi connectivity index (χ0n) is 13.3. The fourth-order valence-corrected chi connectivity index (χ4v) is 4.36. The minimum atomic E-state index is -3.27. The Hall–Kier alpha value is -0.860. The predicted molar refractivity (Wildman–Crippen MR) is 84.2 cm³/mol. The van der Waals surface area contributed by atoms with Crippen LogP contribution in [0.4, 0.5) is 4.79 Å². The van der Waals surface area contributed by atoms with Gasteiger partial charge in [-0.25, -0.2) is 13.2 Å². The van der Waals surface area contributed by atoms with Crippen molar-refractivity contribution in [2.24, 2.45) is 0 Å². The molecule has 0 atom stereocenters. The van der Waals surface area contributed by atoms with Gasteiger partial charge < -0.3 is 15.0 Å². The second kappa shape index (κ2) is 8.12. The zero-order chi connectivity index (χ0) is 16.0. The first-order valence-electron chi connectivity index (χ1n) is 8.05. The van der Waals surface area contributed by atoms with Crippen LogP contribution in [0.2, 0.25) is 0 Å². The summed E-state index contributed by atoms with van der Waals surface area (Å²) in [6, 6.07) is 0.227. The number of nitrogens with zero attached hydrogens (tertiary/aromatic N) is 2. The summed E-state index contributed by atoms with van der Waals surface area (Å²) >= 11 is 0. The van der Waals surface area contributed by atoms with Crippen molar-refractivity contribution < 1.29 is 17.9 Å². The van der Waals surface area contributed by atoms with Crippen molar-refractivity contribution in [2.45, 2.75) is 38.1 Å². The molecule has 1 N–H and O–H groups in total.